The van der Waals surface area contributed by atoms with Gasteiger partial charge in [-0.2, -0.15) is 0 Å². The molecular formula is C9H21Cl2N3O. The zero-order valence-corrected chi connectivity index (χ0v) is 11.1. The first-order valence-corrected chi connectivity index (χ1v) is 4.88. The fourth-order valence-corrected chi connectivity index (χ4v) is 1.46. The zero-order valence-electron chi connectivity index (χ0n) is 9.45. The molecule has 1 atom stereocenters. The number of urea groups is 1. The predicted molar refractivity (Wildman–Crippen MR) is 67.2 cm³/mol. The minimum atomic E-state index is 0. The number of rotatable bonds is 1. The van der Waals surface area contributed by atoms with Crippen LogP contribution in [0.1, 0.15) is 20.8 Å². The van der Waals surface area contributed by atoms with Crippen LogP contribution in [0.5, 0.6) is 0 Å². The molecule has 1 fully saturated rings. The van der Waals surface area contributed by atoms with Gasteiger partial charge in [0.25, 0.3) is 0 Å². The normalized spacial score (nSPS) is 20.3. The lowest BCUT2D eigenvalue weighted by Gasteiger charge is -2.32. The predicted octanol–water partition coefficient (Wildman–Crippen LogP) is 1.24. The van der Waals surface area contributed by atoms with Crippen LogP contribution in [0, 0.1) is 0 Å². The van der Waals surface area contributed by atoms with Crippen LogP contribution in [0.25, 0.3) is 0 Å². The molecule has 1 aliphatic rings. The summed E-state index contributed by atoms with van der Waals surface area (Å²) >= 11 is 0. The van der Waals surface area contributed by atoms with Crippen molar-refractivity contribution in [1.29, 1.82) is 0 Å². The zero-order chi connectivity index (χ0) is 9.84. The van der Waals surface area contributed by atoms with E-state index < -0.39 is 0 Å². The van der Waals surface area contributed by atoms with E-state index in [1.165, 1.54) is 0 Å². The van der Waals surface area contributed by atoms with Gasteiger partial charge in [0.15, 0.2) is 0 Å². The molecule has 0 bridgehead atoms. The molecule has 1 heterocycles. The summed E-state index contributed by atoms with van der Waals surface area (Å²) in [7, 11) is 0. The standard InChI is InChI=1S/C9H19N3O.2ClH/c1-7(2)11-9(13)12-5-4-10-8(3)6-12;;/h7-8,10H,4-6H2,1-3H3,(H,11,13);2*1H. The van der Waals surface area contributed by atoms with Crippen LogP contribution < -0.4 is 10.6 Å². The van der Waals surface area contributed by atoms with Gasteiger partial charge in [0.2, 0.25) is 0 Å². The molecule has 1 rings (SSSR count). The van der Waals surface area contributed by atoms with Gasteiger partial charge in [0, 0.05) is 31.7 Å². The molecule has 0 spiro atoms. The summed E-state index contributed by atoms with van der Waals surface area (Å²) in [5.74, 6) is 0. The van der Waals surface area contributed by atoms with Crippen molar-refractivity contribution in [2.24, 2.45) is 0 Å². The van der Waals surface area contributed by atoms with Gasteiger partial charge in [-0.25, -0.2) is 4.79 Å². The molecule has 92 valence electrons. The number of carbonyl (C=O) groups is 1. The third-order valence-corrected chi connectivity index (χ3v) is 2.07. The van der Waals surface area contributed by atoms with Gasteiger partial charge in [-0.05, 0) is 20.8 Å². The van der Waals surface area contributed by atoms with Gasteiger partial charge in [0.1, 0.15) is 0 Å². The highest BCUT2D eigenvalue weighted by molar-refractivity contribution is 5.85. The van der Waals surface area contributed by atoms with E-state index in [1.807, 2.05) is 18.7 Å². The lowest BCUT2D eigenvalue weighted by atomic mass is 10.2. The number of amides is 2. The molecule has 1 unspecified atom stereocenters. The van der Waals surface area contributed by atoms with Crippen LogP contribution in [0.4, 0.5) is 4.79 Å². The van der Waals surface area contributed by atoms with Gasteiger partial charge in [-0.3, -0.25) is 0 Å². The maximum absolute atomic E-state index is 11.5. The highest BCUT2D eigenvalue weighted by atomic mass is 35.5. The first kappa shape index (κ1) is 17.2. The number of carbonyl (C=O) groups excluding carboxylic acids is 1. The minimum absolute atomic E-state index is 0. The van der Waals surface area contributed by atoms with Gasteiger partial charge in [0.05, 0.1) is 0 Å². The summed E-state index contributed by atoms with van der Waals surface area (Å²) in [6, 6.07) is 0.688. The van der Waals surface area contributed by atoms with E-state index in [4.69, 9.17) is 0 Å². The van der Waals surface area contributed by atoms with Crippen molar-refractivity contribution in [3.63, 3.8) is 0 Å². The molecule has 0 aliphatic carbocycles. The van der Waals surface area contributed by atoms with Crippen molar-refractivity contribution in [1.82, 2.24) is 15.5 Å². The first-order valence-electron chi connectivity index (χ1n) is 4.88. The first-order chi connectivity index (χ1) is 6.09. The topological polar surface area (TPSA) is 44.4 Å². The number of piperazine rings is 1. The molecular weight excluding hydrogens is 237 g/mol. The molecule has 2 amide bonds. The van der Waals surface area contributed by atoms with Gasteiger partial charge in [-0.15, -0.1) is 24.8 Å². The van der Waals surface area contributed by atoms with Crippen molar-refractivity contribution >= 4 is 30.8 Å². The van der Waals surface area contributed by atoms with Gasteiger partial charge < -0.3 is 15.5 Å². The largest absolute Gasteiger partial charge is 0.336 e. The van der Waals surface area contributed by atoms with Crippen LogP contribution in [-0.2, 0) is 0 Å². The molecule has 0 radical (unpaired) electrons. The number of nitrogens with zero attached hydrogens (tertiary/aromatic N) is 1. The average Bonchev–Trinajstić information content (AvgIpc) is 2.03. The van der Waals surface area contributed by atoms with E-state index in [0.717, 1.165) is 19.6 Å². The Hall–Kier alpha value is -0.190. The Labute approximate surface area is 104 Å². The molecule has 6 heteroatoms. The summed E-state index contributed by atoms with van der Waals surface area (Å²) in [6.07, 6.45) is 0. The third kappa shape index (κ3) is 6.07. The second-order valence-electron chi connectivity index (χ2n) is 3.91. The Balaban J connectivity index is 0. The highest BCUT2D eigenvalue weighted by Gasteiger charge is 2.20. The van der Waals surface area contributed by atoms with Crippen LogP contribution in [-0.4, -0.2) is 42.6 Å². The fourth-order valence-electron chi connectivity index (χ4n) is 1.46. The second kappa shape index (κ2) is 8.02. The number of hydrogen-bond acceptors (Lipinski definition) is 2. The number of hydrogen-bond donors (Lipinski definition) is 2. The smallest absolute Gasteiger partial charge is 0.317 e. The van der Waals surface area contributed by atoms with E-state index in [0.29, 0.717) is 6.04 Å². The Kier molecular flexibility index (Phi) is 9.20. The molecule has 4 nitrogen and oxygen atoms in total. The molecule has 1 saturated heterocycles. The minimum Gasteiger partial charge on any atom is -0.336 e. The van der Waals surface area contributed by atoms with Crippen LogP contribution in [0.3, 0.4) is 0 Å². The van der Waals surface area contributed by atoms with Crippen LogP contribution in [0.15, 0.2) is 0 Å². The summed E-state index contributed by atoms with van der Waals surface area (Å²) < 4.78 is 0. The van der Waals surface area contributed by atoms with Crippen molar-refractivity contribution in [2.45, 2.75) is 32.9 Å². The van der Waals surface area contributed by atoms with E-state index in [-0.39, 0.29) is 36.9 Å². The molecule has 1 aliphatic heterocycles. The summed E-state index contributed by atoms with van der Waals surface area (Å²) in [5.41, 5.74) is 0. The molecule has 15 heavy (non-hydrogen) atoms. The number of halogens is 2. The summed E-state index contributed by atoms with van der Waals surface area (Å²) in [5, 5.41) is 6.19. The SMILES string of the molecule is CC(C)NC(=O)N1CCNC(C)C1.Cl.Cl. The maximum Gasteiger partial charge on any atom is 0.317 e. The van der Waals surface area contributed by atoms with Gasteiger partial charge in [-0.1, -0.05) is 0 Å². The van der Waals surface area contributed by atoms with E-state index in [1.54, 1.807) is 0 Å². The highest BCUT2D eigenvalue weighted by Crippen LogP contribution is 1.99. The monoisotopic (exact) mass is 257 g/mol. The lowest BCUT2D eigenvalue weighted by Crippen LogP contribution is -2.54. The van der Waals surface area contributed by atoms with Crippen molar-refractivity contribution in [3.8, 4) is 0 Å². The van der Waals surface area contributed by atoms with E-state index in [9.17, 15) is 4.79 Å². The average molecular weight is 258 g/mol. The van der Waals surface area contributed by atoms with Crippen molar-refractivity contribution in [3.05, 3.63) is 0 Å². The van der Waals surface area contributed by atoms with Crippen molar-refractivity contribution < 1.29 is 4.79 Å². The second-order valence-corrected chi connectivity index (χ2v) is 3.91. The lowest BCUT2D eigenvalue weighted by molar-refractivity contribution is 0.177. The quantitative estimate of drug-likeness (QED) is 0.743. The molecule has 0 aromatic rings. The Morgan fingerprint density at radius 2 is 2.07 bits per heavy atom. The van der Waals surface area contributed by atoms with Crippen LogP contribution >= 0.6 is 24.8 Å². The third-order valence-electron chi connectivity index (χ3n) is 2.07. The molecule has 0 saturated carbocycles. The maximum atomic E-state index is 11.5. The van der Waals surface area contributed by atoms with E-state index in [2.05, 4.69) is 17.6 Å². The molecule has 0 aromatic heterocycles. The van der Waals surface area contributed by atoms with Crippen LogP contribution in [0.2, 0.25) is 0 Å². The number of nitrogens with one attached hydrogen (secondary N) is 2. The summed E-state index contributed by atoms with van der Waals surface area (Å²) in [4.78, 5) is 13.4. The van der Waals surface area contributed by atoms with Crippen molar-refractivity contribution in [2.75, 3.05) is 19.6 Å². The Morgan fingerprint density at radius 1 is 1.47 bits per heavy atom. The van der Waals surface area contributed by atoms with Gasteiger partial charge >= 0.3 is 6.03 Å². The molecule has 2 N–H and O–H groups in total. The Bertz CT molecular complexity index is 190. The van der Waals surface area contributed by atoms with E-state index >= 15 is 0 Å². The fraction of sp³-hybridized carbons (Fsp3) is 0.889. The Morgan fingerprint density at radius 3 is 2.53 bits per heavy atom. The molecule has 0 aromatic carbocycles. The summed E-state index contributed by atoms with van der Waals surface area (Å²) in [6.45, 7) is 8.55.